The first-order valence-electron chi connectivity index (χ1n) is 10.5. The third kappa shape index (κ3) is 5.16. The predicted octanol–water partition coefficient (Wildman–Crippen LogP) is 6.33. The third-order valence-corrected chi connectivity index (χ3v) is 6.48. The lowest BCUT2D eigenvalue weighted by atomic mass is 9.87. The largest absolute Gasteiger partial charge is 0.298 e. The minimum Gasteiger partial charge on any atom is -0.298 e. The molecule has 0 fully saturated rings. The van der Waals surface area contributed by atoms with Crippen molar-refractivity contribution in [3.05, 3.63) is 76.9 Å². The van der Waals surface area contributed by atoms with E-state index in [1.807, 2.05) is 30.6 Å². The van der Waals surface area contributed by atoms with E-state index in [9.17, 15) is 4.79 Å². The quantitative estimate of drug-likeness (QED) is 0.248. The van der Waals surface area contributed by atoms with Gasteiger partial charge in [-0.1, -0.05) is 68.9 Å². The molecule has 0 atom stereocenters. The van der Waals surface area contributed by atoms with Crippen LogP contribution in [0.5, 0.6) is 0 Å². The van der Waals surface area contributed by atoms with Crippen LogP contribution in [0.1, 0.15) is 53.4 Å². The van der Waals surface area contributed by atoms with Gasteiger partial charge in [0, 0.05) is 17.7 Å². The van der Waals surface area contributed by atoms with Crippen LogP contribution >= 0.6 is 11.8 Å². The van der Waals surface area contributed by atoms with E-state index in [1.54, 1.807) is 0 Å². The molecule has 4 nitrogen and oxygen atoms in total. The Morgan fingerprint density at radius 3 is 2.29 bits per heavy atom. The number of thioether (sulfide) groups is 1. The molecule has 0 N–H and O–H groups in total. The summed E-state index contributed by atoms with van der Waals surface area (Å²) in [7, 11) is 0. The number of carbonyl (C=O) groups excluding carboxylic acids is 1. The van der Waals surface area contributed by atoms with Crippen molar-refractivity contribution < 1.29 is 4.79 Å². The van der Waals surface area contributed by atoms with Gasteiger partial charge in [0.15, 0.2) is 16.8 Å². The molecule has 0 radical (unpaired) electrons. The summed E-state index contributed by atoms with van der Waals surface area (Å²) in [5, 5.41) is 9.53. The van der Waals surface area contributed by atoms with E-state index in [-0.39, 0.29) is 11.2 Å². The first kappa shape index (κ1) is 23.0. The van der Waals surface area contributed by atoms with Gasteiger partial charge in [0.25, 0.3) is 0 Å². The monoisotopic (exact) mass is 433 g/mol. The van der Waals surface area contributed by atoms with Gasteiger partial charge < -0.3 is 0 Å². The number of aryl methyl sites for hydroxylation is 3. The highest BCUT2D eigenvalue weighted by Gasteiger charge is 2.18. The highest BCUT2D eigenvalue weighted by molar-refractivity contribution is 7.99. The van der Waals surface area contributed by atoms with E-state index in [0.29, 0.717) is 12.3 Å². The van der Waals surface area contributed by atoms with E-state index in [4.69, 9.17) is 0 Å². The molecule has 0 aliphatic heterocycles. The molecule has 3 rings (SSSR count). The van der Waals surface area contributed by atoms with Gasteiger partial charge in [-0.15, -0.1) is 16.8 Å². The van der Waals surface area contributed by atoms with Crippen LogP contribution in [0.4, 0.5) is 0 Å². The molecule has 0 spiro atoms. The third-order valence-electron chi connectivity index (χ3n) is 5.51. The Hall–Kier alpha value is -2.66. The Bertz CT molecular complexity index is 1100. The van der Waals surface area contributed by atoms with E-state index >= 15 is 0 Å². The molecular weight excluding hydrogens is 402 g/mol. The molecule has 1 heterocycles. The molecule has 162 valence electrons. The van der Waals surface area contributed by atoms with Crippen molar-refractivity contribution in [3.8, 4) is 11.4 Å². The lowest BCUT2D eigenvalue weighted by Gasteiger charge is -2.19. The molecule has 0 aliphatic carbocycles. The van der Waals surface area contributed by atoms with Crippen LogP contribution in [0.15, 0.2) is 54.2 Å². The summed E-state index contributed by atoms with van der Waals surface area (Å²) in [5.41, 5.74) is 6.51. The van der Waals surface area contributed by atoms with Crippen molar-refractivity contribution in [2.75, 3.05) is 5.75 Å². The van der Waals surface area contributed by atoms with Crippen molar-refractivity contribution >= 4 is 17.5 Å². The number of carbonyl (C=O) groups is 1. The zero-order valence-electron chi connectivity index (χ0n) is 19.3. The van der Waals surface area contributed by atoms with Crippen LogP contribution in [0.2, 0.25) is 0 Å². The van der Waals surface area contributed by atoms with Gasteiger partial charge in [-0.05, 0) is 54.5 Å². The summed E-state index contributed by atoms with van der Waals surface area (Å²) < 4.78 is 2.02. The molecule has 3 aromatic rings. The molecular formula is C26H31N3OS. The van der Waals surface area contributed by atoms with Crippen LogP contribution in [-0.4, -0.2) is 26.3 Å². The van der Waals surface area contributed by atoms with Gasteiger partial charge in [-0.25, -0.2) is 0 Å². The number of hydrogen-bond donors (Lipinski definition) is 0. The lowest BCUT2D eigenvalue weighted by molar-refractivity contribution is 0.102. The Morgan fingerprint density at radius 2 is 1.68 bits per heavy atom. The summed E-state index contributed by atoms with van der Waals surface area (Å²) >= 11 is 1.42. The fourth-order valence-electron chi connectivity index (χ4n) is 3.49. The highest BCUT2D eigenvalue weighted by atomic mass is 32.2. The van der Waals surface area contributed by atoms with Crippen LogP contribution in [0.25, 0.3) is 11.4 Å². The number of benzene rings is 2. The van der Waals surface area contributed by atoms with Crippen molar-refractivity contribution in [2.24, 2.45) is 0 Å². The van der Waals surface area contributed by atoms with Gasteiger partial charge in [0.1, 0.15) is 0 Å². The van der Waals surface area contributed by atoms with Gasteiger partial charge in [0.2, 0.25) is 0 Å². The molecule has 0 unspecified atom stereocenters. The van der Waals surface area contributed by atoms with Gasteiger partial charge in [0.05, 0.1) is 5.75 Å². The molecule has 31 heavy (non-hydrogen) atoms. The van der Waals surface area contributed by atoms with Crippen molar-refractivity contribution in [3.63, 3.8) is 0 Å². The topological polar surface area (TPSA) is 47.8 Å². The number of Topliss-reactive ketones (excluding diaryl/α,β-unsaturated/α-hetero) is 1. The first-order valence-corrected chi connectivity index (χ1v) is 11.5. The summed E-state index contributed by atoms with van der Waals surface area (Å²) in [6, 6.07) is 12.5. The SMILES string of the molecule is C=CCn1c(SCC(=O)c2cc(C)c(C)cc2C)nnc1-c1ccc(C(C)(C)C)cc1. The van der Waals surface area contributed by atoms with E-state index in [0.717, 1.165) is 33.2 Å². The van der Waals surface area contributed by atoms with Gasteiger partial charge in [-0.2, -0.15) is 0 Å². The molecule has 5 heteroatoms. The molecule has 0 amide bonds. The van der Waals surface area contributed by atoms with Crippen LogP contribution in [-0.2, 0) is 12.0 Å². The lowest BCUT2D eigenvalue weighted by Crippen LogP contribution is -2.10. The number of ketones is 1. The number of aromatic nitrogens is 3. The Labute approximate surface area is 189 Å². The van der Waals surface area contributed by atoms with Gasteiger partial charge >= 0.3 is 0 Å². The maximum atomic E-state index is 12.9. The molecule has 0 aliphatic rings. The van der Waals surface area contributed by atoms with Crippen molar-refractivity contribution in [1.82, 2.24) is 14.8 Å². The van der Waals surface area contributed by atoms with Crippen molar-refractivity contribution in [1.29, 1.82) is 0 Å². The zero-order valence-corrected chi connectivity index (χ0v) is 20.1. The Morgan fingerprint density at radius 1 is 1.03 bits per heavy atom. The normalized spacial score (nSPS) is 11.5. The average Bonchev–Trinajstić information content (AvgIpc) is 3.11. The summed E-state index contributed by atoms with van der Waals surface area (Å²) in [4.78, 5) is 12.9. The fraction of sp³-hybridized carbons (Fsp3) is 0.346. The van der Waals surface area contributed by atoms with Crippen LogP contribution in [0, 0.1) is 20.8 Å². The van der Waals surface area contributed by atoms with Gasteiger partial charge in [-0.3, -0.25) is 9.36 Å². The minimum atomic E-state index is 0.0984. The number of rotatable bonds is 7. The van der Waals surface area contributed by atoms with E-state index in [1.165, 1.54) is 22.9 Å². The summed E-state index contributed by atoms with van der Waals surface area (Å²) in [6.07, 6.45) is 1.83. The van der Waals surface area contributed by atoms with Crippen LogP contribution < -0.4 is 0 Å². The molecule has 0 saturated heterocycles. The Balaban J connectivity index is 1.83. The minimum absolute atomic E-state index is 0.0984. The summed E-state index contributed by atoms with van der Waals surface area (Å²) in [5.74, 6) is 1.22. The zero-order chi connectivity index (χ0) is 22.8. The fourth-order valence-corrected chi connectivity index (χ4v) is 4.32. The standard InChI is InChI=1S/C26H31N3OS/c1-8-13-29-24(20-9-11-21(12-10-20)26(5,6)7)27-28-25(29)31-16-23(30)22-15-18(3)17(2)14-19(22)4/h8-12,14-15H,1,13,16H2,2-7H3. The summed E-state index contributed by atoms with van der Waals surface area (Å²) in [6.45, 7) is 17.2. The van der Waals surface area contributed by atoms with E-state index in [2.05, 4.69) is 74.8 Å². The second kappa shape index (κ2) is 9.23. The molecule has 0 saturated carbocycles. The van der Waals surface area contributed by atoms with Crippen LogP contribution in [0.3, 0.4) is 0 Å². The predicted molar refractivity (Wildman–Crippen MR) is 130 cm³/mol. The molecule has 1 aromatic heterocycles. The molecule has 0 bridgehead atoms. The highest BCUT2D eigenvalue weighted by Crippen LogP contribution is 2.28. The first-order chi connectivity index (χ1) is 14.6. The second-order valence-electron chi connectivity index (χ2n) is 9.00. The molecule has 2 aromatic carbocycles. The number of hydrogen-bond acceptors (Lipinski definition) is 4. The maximum absolute atomic E-state index is 12.9. The smallest absolute Gasteiger partial charge is 0.192 e. The van der Waals surface area contributed by atoms with Crippen molar-refractivity contribution in [2.45, 2.75) is 58.7 Å². The second-order valence-corrected chi connectivity index (χ2v) is 9.94. The Kier molecular flexibility index (Phi) is 6.85. The number of nitrogens with zero attached hydrogens (tertiary/aromatic N) is 3. The van der Waals surface area contributed by atoms with E-state index < -0.39 is 0 Å². The average molecular weight is 434 g/mol. The number of allylic oxidation sites excluding steroid dienone is 1. The maximum Gasteiger partial charge on any atom is 0.192 e.